The van der Waals surface area contributed by atoms with Crippen molar-refractivity contribution in [3.63, 3.8) is 0 Å². The van der Waals surface area contributed by atoms with Crippen molar-refractivity contribution in [3.8, 4) is 0 Å². The third-order valence-corrected chi connectivity index (χ3v) is 8.20. The number of β-lactam (4-membered cyclic amide) rings is 1. The molecule has 1 aromatic rings. The van der Waals surface area contributed by atoms with E-state index in [0.29, 0.717) is 5.75 Å². The van der Waals surface area contributed by atoms with Crippen molar-refractivity contribution in [2.75, 3.05) is 36.6 Å². The molecule has 3 rings (SSSR count). The molecule has 0 radical (unpaired) electrons. The summed E-state index contributed by atoms with van der Waals surface area (Å²) in [6.07, 6.45) is 1.80. The number of nitrogens with one attached hydrogen (secondary N) is 1. The van der Waals surface area contributed by atoms with Gasteiger partial charge in [0.25, 0.3) is 5.91 Å². The lowest BCUT2D eigenvalue weighted by atomic mass is 9.89. The Morgan fingerprint density at radius 1 is 1.47 bits per heavy atom. The van der Waals surface area contributed by atoms with Crippen LogP contribution in [0.15, 0.2) is 5.16 Å². The van der Waals surface area contributed by atoms with Crippen LogP contribution in [-0.2, 0) is 24.0 Å². The van der Waals surface area contributed by atoms with E-state index in [-0.39, 0.29) is 27.5 Å². The number of nitrogen functional groups attached to an aromatic ring is 1. The van der Waals surface area contributed by atoms with E-state index in [1.807, 2.05) is 0 Å². The van der Waals surface area contributed by atoms with Crippen LogP contribution < -0.4 is 11.1 Å². The van der Waals surface area contributed by atoms with Gasteiger partial charge in [-0.25, -0.2) is 9.78 Å². The molecule has 0 spiro atoms. The van der Waals surface area contributed by atoms with E-state index in [0.717, 1.165) is 11.3 Å². The number of carboxylic acids is 2. The molecular weight excluding hydrogens is 506 g/mol. The number of nitrogens with two attached hydrogens (primary N) is 1. The molecule has 1 aromatic heterocycles. The Labute approximate surface area is 198 Å². The number of hydrogen-bond donors (Lipinski definition) is 4. The summed E-state index contributed by atoms with van der Waals surface area (Å²) in [7, 11) is 0. The van der Waals surface area contributed by atoms with Crippen LogP contribution >= 0.6 is 46.5 Å². The van der Waals surface area contributed by atoms with Gasteiger partial charge in [-0.15, -0.1) is 11.8 Å². The van der Waals surface area contributed by atoms with Gasteiger partial charge < -0.3 is 31.0 Å². The van der Waals surface area contributed by atoms with Gasteiger partial charge in [0.15, 0.2) is 10.8 Å². The Morgan fingerprint density at radius 3 is 2.75 bits per heavy atom. The standard InChI is InChI=1S/C16H18ClN5O7S3/c1-30-4-16(14(27)28)3-22-12(26)9(13(22)31-5-16)19-11(25)8(21-29-2-6(23)24)7-10(17)32-15(18)20-7/h9,13H,2-5H2,1H3,(H2,18,20)(H,19,25)(H,23,24)(H,27,28)/t9?,13-,16?/m1/s1. The van der Waals surface area contributed by atoms with Crippen molar-refractivity contribution in [2.45, 2.75) is 11.4 Å². The van der Waals surface area contributed by atoms with Crippen molar-refractivity contribution >= 4 is 81.1 Å². The second-order valence-electron chi connectivity index (χ2n) is 6.92. The van der Waals surface area contributed by atoms with E-state index in [1.54, 1.807) is 6.26 Å². The number of aromatic nitrogens is 1. The summed E-state index contributed by atoms with van der Waals surface area (Å²) in [6, 6.07) is -0.923. The van der Waals surface area contributed by atoms with E-state index in [1.165, 1.54) is 28.4 Å². The molecule has 2 unspecified atom stereocenters. The van der Waals surface area contributed by atoms with Crippen LogP contribution in [0.3, 0.4) is 0 Å². The maximum Gasteiger partial charge on any atom is 0.344 e. The lowest BCUT2D eigenvalue weighted by Crippen LogP contribution is -2.74. The Balaban J connectivity index is 1.75. The molecule has 2 aliphatic heterocycles. The van der Waals surface area contributed by atoms with Crippen molar-refractivity contribution in [1.82, 2.24) is 15.2 Å². The molecule has 5 N–H and O–H groups in total. The molecule has 2 amide bonds. The second kappa shape index (κ2) is 9.72. The van der Waals surface area contributed by atoms with Crippen LogP contribution in [0.4, 0.5) is 5.13 Å². The molecule has 16 heteroatoms. The van der Waals surface area contributed by atoms with Crippen LogP contribution in [0.2, 0.25) is 4.34 Å². The monoisotopic (exact) mass is 523 g/mol. The van der Waals surface area contributed by atoms with Gasteiger partial charge >= 0.3 is 11.9 Å². The number of carboxylic acid groups (broad SMARTS) is 2. The molecule has 32 heavy (non-hydrogen) atoms. The molecule has 3 atom stereocenters. The number of halogens is 1. The van der Waals surface area contributed by atoms with Crippen LogP contribution in [0.25, 0.3) is 0 Å². The van der Waals surface area contributed by atoms with Crippen molar-refractivity contribution in [2.24, 2.45) is 10.6 Å². The van der Waals surface area contributed by atoms with Gasteiger partial charge in [0.1, 0.15) is 26.9 Å². The van der Waals surface area contributed by atoms with Gasteiger partial charge in [0.05, 0.1) is 0 Å². The largest absolute Gasteiger partial charge is 0.481 e. The number of thioether (sulfide) groups is 2. The van der Waals surface area contributed by atoms with E-state index in [9.17, 15) is 24.3 Å². The second-order valence-corrected chi connectivity index (χ2v) is 10.5. The third-order valence-electron chi connectivity index (χ3n) is 4.69. The SMILES string of the molecule is CSCC1(C(=O)O)CS[C@@H]2C(NC(=O)C(=NOCC(=O)O)c3nc(N)sc3Cl)C(=O)N2C1. The summed E-state index contributed by atoms with van der Waals surface area (Å²) in [6.45, 7) is -0.765. The van der Waals surface area contributed by atoms with Gasteiger partial charge in [0, 0.05) is 18.1 Å². The van der Waals surface area contributed by atoms with Gasteiger partial charge in [0.2, 0.25) is 12.5 Å². The number of carbonyl (C=O) groups is 4. The van der Waals surface area contributed by atoms with E-state index in [2.05, 4.69) is 20.3 Å². The fourth-order valence-corrected chi connectivity index (χ4v) is 6.67. The van der Waals surface area contributed by atoms with E-state index >= 15 is 0 Å². The Morgan fingerprint density at radius 2 is 2.19 bits per heavy atom. The first-order valence-electron chi connectivity index (χ1n) is 8.89. The quantitative estimate of drug-likeness (QED) is 0.194. The summed E-state index contributed by atoms with van der Waals surface area (Å²) in [5.41, 5.74) is 4.00. The van der Waals surface area contributed by atoms with Crippen LogP contribution in [0, 0.1) is 5.41 Å². The predicted octanol–water partition coefficient (Wildman–Crippen LogP) is 0.0179. The number of thiazole rings is 1. The highest BCUT2D eigenvalue weighted by atomic mass is 35.5. The lowest BCUT2D eigenvalue weighted by molar-refractivity contribution is -0.157. The first kappa shape index (κ1) is 24.4. The number of aliphatic carboxylic acids is 2. The molecule has 174 valence electrons. The maximum absolute atomic E-state index is 12.9. The Bertz CT molecular complexity index is 989. The van der Waals surface area contributed by atoms with Gasteiger partial charge in [-0.05, 0) is 6.26 Å². The summed E-state index contributed by atoms with van der Waals surface area (Å²) < 4.78 is 0.0345. The summed E-state index contributed by atoms with van der Waals surface area (Å²) in [4.78, 5) is 58.0. The number of fused-ring (bicyclic) bond motifs is 1. The number of amides is 2. The van der Waals surface area contributed by atoms with E-state index in [4.69, 9.17) is 22.4 Å². The molecule has 2 saturated heterocycles. The number of nitrogens with zero attached hydrogens (tertiary/aromatic N) is 3. The van der Waals surface area contributed by atoms with Gasteiger partial charge in [-0.3, -0.25) is 14.4 Å². The highest BCUT2D eigenvalue weighted by Crippen LogP contribution is 2.43. The summed E-state index contributed by atoms with van der Waals surface area (Å²) in [5.74, 6) is -2.95. The van der Waals surface area contributed by atoms with E-state index < -0.39 is 52.9 Å². The summed E-state index contributed by atoms with van der Waals surface area (Å²) >= 11 is 9.58. The van der Waals surface area contributed by atoms with Crippen molar-refractivity contribution in [1.29, 1.82) is 0 Å². The first-order chi connectivity index (χ1) is 15.1. The zero-order valence-electron chi connectivity index (χ0n) is 16.4. The highest BCUT2D eigenvalue weighted by Gasteiger charge is 2.57. The Kier molecular flexibility index (Phi) is 7.42. The molecule has 0 aromatic carbocycles. The average molecular weight is 524 g/mol. The zero-order valence-corrected chi connectivity index (χ0v) is 19.6. The fraction of sp³-hybridized carbons (Fsp3) is 0.500. The molecule has 0 bridgehead atoms. The topological polar surface area (TPSA) is 185 Å². The predicted molar refractivity (Wildman–Crippen MR) is 120 cm³/mol. The van der Waals surface area contributed by atoms with Crippen LogP contribution in [-0.4, -0.2) is 91.9 Å². The number of carbonyl (C=O) groups excluding carboxylic acids is 2. The minimum absolute atomic E-state index is 0.0345. The first-order valence-corrected chi connectivity index (χ1v) is 12.5. The third kappa shape index (κ3) is 4.74. The van der Waals surface area contributed by atoms with Gasteiger partial charge in [-0.1, -0.05) is 28.1 Å². The van der Waals surface area contributed by atoms with Crippen LogP contribution in [0.5, 0.6) is 0 Å². The lowest BCUT2D eigenvalue weighted by Gasteiger charge is -2.53. The normalized spacial score (nSPS) is 25.0. The minimum atomic E-state index is -1.31. The molecule has 0 saturated carbocycles. The molecule has 12 nitrogen and oxygen atoms in total. The van der Waals surface area contributed by atoms with Crippen molar-refractivity contribution < 1.29 is 34.2 Å². The van der Waals surface area contributed by atoms with Crippen molar-refractivity contribution in [3.05, 3.63) is 10.0 Å². The number of hydrogen-bond acceptors (Lipinski definition) is 11. The molecule has 2 fully saturated rings. The smallest absolute Gasteiger partial charge is 0.344 e. The molecular formula is C16H18ClN5O7S3. The Hall–Kier alpha value is -2.23. The number of oxime groups is 1. The average Bonchev–Trinajstić information content (AvgIpc) is 3.06. The number of anilines is 1. The molecule has 3 heterocycles. The molecule has 2 aliphatic rings. The highest BCUT2D eigenvalue weighted by molar-refractivity contribution is 8.00. The zero-order chi connectivity index (χ0) is 23.6. The van der Waals surface area contributed by atoms with Crippen LogP contribution in [0.1, 0.15) is 5.69 Å². The maximum atomic E-state index is 12.9. The van der Waals surface area contributed by atoms with Gasteiger partial charge in [-0.2, -0.15) is 11.8 Å². The fourth-order valence-electron chi connectivity index (χ4n) is 3.20. The summed E-state index contributed by atoms with van der Waals surface area (Å²) in [5, 5.41) is 24.1. The number of rotatable bonds is 9. The minimum Gasteiger partial charge on any atom is -0.481 e. The molecule has 0 aliphatic carbocycles.